The lowest BCUT2D eigenvalue weighted by molar-refractivity contribution is -0.122. The molecule has 1 aromatic heterocycles. The Balaban J connectivity index is 1.39. The van der Waals surface area contributed by atoms with Crippen LogP contribution in [0.5, 0.6) is 5.75 Å². The van der Waals surface area contributed by atoms with Crippen LogP contribution < -0.4 is 15.5 Å². The van der Waals surface area contributed by atoms with Crippen molar-refractivity contribution in [2.45, 2.75) is 18.7 Å². The van der Waals surface area contributed by atoms with Crippen LogP contribution in [0.3, 0.4) is 0 Å². The first-order chi connectivity index (χ1) is 14.5. The summed E-state index contributed by atoms with van der Waals surface area (Å²) >= 11 is 1.69. The van der Waals surface area contributed by atoms with Gasteiger partial charge in [-0.05, 0) is 62.4 Å². The maximum Gasteiger partial charge on any atom is 0.270 e. The van der Waals surface area contributed by atoms with Crippen LogP contribution in [0.25, 0.3) is 0 Å². The zero-order valence-electron chi connectivity index (χ0n) is 17.1. The van der Waals surface area contributed by atoms with E-state index in [0.29, 0.717) is 17.9 Å². The van der Waals surface area contributed by atoms with Crippen LogP contribution in [0, 0.1) is 13.8 Å². The third-order valence-corrected chi connectivity index (χ3v) is 5.42. The summed E-state index contributed by atoms with van der Waals surface area (Å²) in [6.45, 7) is 4.35. The number of nitrogens with zero attached hydrogens (tertiary/aromatic N) is 1. The number of nitrogens with one attached hydrogen (secondary N) is 2. The summed E-state index contributed by atoms with van der Waals surface area (Å²) < 4.78 is 7.25. The molecule has 2 amide bonds. The van der Waals surface area contributed by atoms with Gasteiger partial charge in [0.05, 0.1) is 0 Å². The van der Waals surface area contributed by atoms with E-state index in [1.165, 1.54) is 4.90 Å². The highest BCUT2D eigenvalue weighted by Crippen LogP contribution is 2.16. The second kappa shape index (κ2) is 10.5. The molecule has 1 heterocycles. The number of carbonyl (C=O) groups excluding carboxylic acids is 2. The molecule has 2 N–H and O–H groups in total. The lowest BCUT2D eigenvalue weighted by atomic mass is 10.2. The summed E-state index contributed by atoms with van der Waals surface area (Å²) in [5.41, 5.74) is 5.27. The molecule has 0 saturated carbocycles. The number of carbonyl (C=O) groups is 2. The zero-order valence-corrected chi connectivity index (χ0v) is 17.9. The van der Waals surface area contributed by atoms with Crippen LogP contribution in [0.2, 0.25) is 0 Å². The fourth-order valence-corrected chi connectivity index (χ4v) is 3.58. The topological polar surface area (TPSA) is 72.4 Å². The van der Waals surface area contributed by atoms with Gasteiger partial charge in [-0.3, -0.25) is 19.7 Å². The Labute approximate surface area is 180 Å². The van der Waals surface area contributed by atoms with Gasteiger partial charge in [0.1, 0.15) is 5.75 Å². The number of thioether (sulfide) groups is 1. The van der Waals surface area contributed by atoms with E-state index in [9.17, 15) is 9.59 Å². The van der Waals surface area contributed by atoms with Crippen molar-refractivity contribution in [1.82, 2.24) is 9.99 Å². The molecule has 2 aromatic carbocycles. The molecule has 6 nitrogen and oxygen atoms in total. The average Bonchev–Trinajstić information content (AvgIpc) is 3.08. The Bertz CT molecular complexity index is 965. The molecule has 3 aromatic rings. The summed E-state index contributed by atoms with van der Waals surface area (Å²) in [7, 11) is 0. The van der Waals surface area contributed by atoms with Crippen molar-refractivity contribution in [2.24, 2.45) is 0 Å². The number of aryl methyl sites for hydroxylation is 2. The molecule has 3 rings (SSSR count). The van der Waals surface area contributed by atoms with E-state index in [2.05, 4.69) is 10.7 Å². The van der Waals surface area contributed by atoms with Gasteiger partial charge < -0.3 is 10.1 Å². The summed E-state index contributed by atoms with van der Waals surface area (Å²) in [5.74, 6) is 0.940. The molecule has 0 bridgehead atoms. The first kappa shape index (κ1) is 21.5. The maximum atomic E-state index is 12.4. The smallest absolute Gasteiger partial charge is 0.270 e. The van der Waals surface area contributed by atoms with E-state index >= 15 is 0 Å². The van der Waals surface area contributed by atoms with E-state index in [4.69, 9.17) is 4.74 Å². The van der Waals surface area contributed by atoms with Crippen molar-refractivity contribution in [3.05, 3.63) is 83.7 Å². The highest BCUT2D eigenvalue weighted by atomic mass is 32.2. The van der Waals surface area contributed by atoms with E-state index in [-0.39, 0.29) is 18.4 Å². The van der Waals surface area contributed by atoms with Crippen LogP contribution >= 0.6 is 11.8 Å². The number of aromatic nitrogens is 1. The molecule has 0 atom stereocenters. The van der Waals surface area contributed by atoms with Crippen LogP contribution in [0.1, 0.15) is 21.7 Å². The number of rotatable bonds is 9. The third-order valence-electron chi connectivity index (χ3n) is 4.41. The second-order valence-corrected chi connectivity index (χ2v) is 7.89. The van der Waals surface area contributed by atoms with Crippen molar-refractivity contribution in [3.8, 4) is 5.75 Å². The minimum atomic E-state index is -0.211. The lowest BCUT2D eigenvalue weighted by Gasteiger charge is -2.12. The first-order valence-electron chi connectivity index (χ1n) is 9.66. The van der Waals surface area contributed by atoms with Crippen LogP contribution in [-0.4, -0.2) is 35.4 Å². The average molecular weight is 424 g/mol. The Hall–Kier alpha value is -3.19. The Morgan fingerprint density at radius 1 is 0.933 bits per heavy atom. The number of hydrogen-bond donors (Lipinski definition) is 2. The summed E-state index contributed by atoms with van der Waals surface area (Å²) in [6.07, 6.45) is 0. The predicted molar refractivity (Wildman–Crippen MR) is 120 cm³/mol. The van der Waals surface area contributed by atoms with Gasteiger partial charge in [-0.2, -0.15) is 0 Å². The fraction of sp³-hybridized carbons (Fsp3) is 0.217. The molecule has 0 saturated heterocycles. The van der Waals surface area contributed by atoms with Crippen molar-refractivity contribution in [1.29, 1.82) is 0 Å². The summed E-state index contributed by atoms with van der Waals surface area (Å²) in [5, 5.41) is 2.84. The van der Waals surface area contributed by atoms with Gasteiger partial charge in [0, 0.05) is 34.1 Å². The molecular formula is C23H25N3O3S. The Kier molecular flexibility index (Phi) is 7.57. The first-order valence-corrected chi connectivity index (χ1v) is 10.7. The van der Waals surface area contributed by atoms with Crippen molar-refractivity contribution in [3.63, 3.8) is 0 Å². The van der Waals surface area contributed by atoms with Gasteiger partial charge >= 0.3 is 0 Å². The normalized spacial score (nSPS) is 10.5. The number of amides is 2. The SMILES string of the molecule is Cc1ccc(C)n1NC(=O)c1ccc(OCC(=O)NCCSc2ccccc2)cc1. The molecule has 7 heteroatoms. The monoisotopic (exact) mass is 423 g/mol. The van der Waals surface area contributed by atoms with Gasteiger partial charge in [-0.25, -0.2) is 0 Å². The zero-order chi connectivity index (χ0) is 21.3. The summed E-state index contributed by atoms with van der Waals surface area (Å²) in [4.78, 5) is 25.5. The molecule has 0 aliphatic heterocycles. The molecular weight excluding hydrogens is 398 g/mol. The molecule has 0 fully saturated rings. The largest absolute Gasteiger partial charge is 0.484 e. The molecule has 0 spiro atoms. The standard InChI is InChI=1S/C23H25N3O3S/c1-17-8-9-18(2)26(17)25-23(28)19-10-12-20(13-11-19)29-16-22(27)24-14-15-30-21-6-4-3-5-7-21/h3-13H,14-16H2,1-2H3,(H,24,27)(H,25,28). The molecule has 0 radical (unpaired) electrons. The van der Waals surface area contributed by atoms with Crippen molar-refractivity contribution >= 4 is 23.6 Å². The van der Waals surface area contributed by atoms with E-state index < -0.39 is 0 Å². The minimum absolute atomic E-state index is 0.0662. The molecule has 0 aliphatic carbocycles. The fourth-order valence-electron chi connectivity index (χ4n) is 2.79. The van der Waals surface area contributed by atoms with Crippen molar-refractivity contribution in [2.75, 3.05) is 24.3 Å². The molecule has 156 valence electrons. The molecule has 30 heavy (non-hydrogen) atoms. The maximum absolute atomic E-state index is 12.4. The van der Waals surface area contributed by atoms with Crippen molar-refractivity contribution < 1.29 is 14.3 Å². The number of benzene rings is 2. The molecule has 0 aliphatic rings. The number of hydrogen-bond acceptors (Lipinski definition) is 4. The van der Waals surface area contributed by atoms with Crippen LogP contribution in [-0.2, 0) is 4.79 Å². The summed E-state index contributed by atoms with van der Waals surface area (Å²) in [6, 6.07) is 20.6. The third kappa shape index (κ3) is 6.15. The van der Waals surface area contributed by atoms with Gasteiger partial charge in [0.15, 0.2) is 6.61 Å². The Morgan fingerprint density at radius 2 is 1.60 bits per heavy atom. The van der Waals surface area contributed by atoms with Crippen LogP contribution in [0.4, 0.5) is 0 Å². The Morgan fingerprint density at radius 3 is 2.27 bits per heavy atom. The van der Waals surface area contributed by atoms with E-state index in [1.54, 1.807) is 40.7 Å². The predicted octanol–water partition coefficient (Wildman–Crippen LogP) is 3.78. The van der Waals surface area contributed by atoms with Crippen LogP contribution in [0.15, 0.2) is 71.6 Å². The highest BCUT2D eigenvalue weighted by molar-refractivity contribution is 7.99. The number of ether oxygens (including phenoxy) is 1. The van der Waals surface area contributed by atoms with Gasteiger partial charge in [-0.15, -0.1) is 11.8 Å². The van der Waals surface area contributed by atoms with Gasteiger partial charge in [0.2, 0.25) is 0 Å². The minimum Gasteiger partial charge on any atom is -0.484 e. The quantitative estimate of drug-likeness (QED) is 0.406. The van der Waals surface area contributed by atoms with Gasteiger partial charge in [0.25, 0.3) is 11.8 Å². The second-order valence-electron chi connectivity index (χ2n) is 6.72. The lowest BCUT2D eigenvalue weighted by Crippen LogP contribution is -2.30. The molecule has 0 unspecified atom stereocenters. The highest BCUT2D eigenvalue weighted by Gasteiger charge is 2.09. The van der Waals surface area contributed by atoms with E-state index in [0.717, 1.165) is 17.1 Å². The van der Waals surface area contributed by atoms with Gasteiger partial charge in [-0.1, -0.05) is 18.2 Å². The van der Waals surface area contributed by atoms with E-state index in [1.807, 2.05) is 56.3 Å².